The second-order valence-corrected chi connectivity index (χ2v) is 7.10. The van der Waals surface area contributed by atoms with Crippen LogP contribution in [0.4, 0.5) is 0 Å². The van der Waals surface area contributed by atoms with E-state index in [0.717, 1.165) is 23.3 Å². The lowest BCUT2D eigenvalue weighted by Gasteiger charge is -2.15. The Bertz CT molecular complexity index is 793. The van der Waals surface area contributed by atoms with Crippen molar-refractivity contribution < 1.29 is 14.3 Å². The van der Waals surface area contributed by atoms with E-state index in [1.54, 1.807) is 7.11 Å². The predicted molar refractivity (Wildman–Crippen MR) is 104 cm³/mol. The second-order valence-electron chi connectivity index (χ2n) is 7.10. The molecule has 3 rings (SSSR count). The van der Waals surface area contributed by atoms with Crippen molar-refractivity contribution in [1.29, 1.82) is 0 Å². The van der Waals surface area contributed by atoms with Crippen LogP contribution in [0.25, 0.3) is 0 Å². The van der Waals surface area contributed by atoms with Crippen LogP contribution < -0.4 is 15.4 Å². The summed E-state index contributed by atoms with van der Waals surface area (Å²) in [6.45, 7) is 2.98. The molecule has 2 N–H and O–H groups in total. The van der Waals surface area contributed by atoms with E-state index in [1.165, 1.54) is 5.56 Å². The zero-order valence-corrected chi connectivity index (χ0v) is 15.9. The molecule has 0 saturated heterocycles. The van der Waals surface area contributed by atoms with Crippen LogP contribution in [-0.4, -0.2) is 25.5 Å². The topological polar surface area (TPSA) is 67.4 Å². The fraction of sp³-hybridized carbons (Fsp3) is 0.364. The monoisotopic (exact) mass is 366 g/mol. The molecule has 1 saturated carbocycles. The minimum absolute atomic E-state index is 0.169. The van der Waals surface area contributed by atoms with Crippen LogP contribution in [0.3, 0.4) is 0 Å². The maximum absolute atomic E-state index is 12.5. The molecule has 0 aliphatic heterocycles. The molecular formula is C22H26N2O3. The fourth-order valence-corrected chi connectivity index (χ4v) is 3.02. The number of nitrogens with one attached hydrogen (secondary N) is 2. The van der Waals surface area contributed by atoms with Crippen molar-refractivity contribution in [2.45, 2.75) is 32.7 Å². The molecule has 1 fully saturated rings. The van der Waals surface area contributed by atoms with Gasteiger partial charge in [0.25, 0.3) is 0 Å². The minimum atomic E-state index is -0.884. The second kappa shape index (κ2) is 8.25. The number of amides is 2. The maximum Gasteiger partial charge on any atom is 0.235 e. The van der Waals surface area contributed by atoms with E-state index >= 15 is 0 Å². The third-order valence-electron chi connectivity index (χ3n) is 5.05. The first-order chi connectivity index (χ1) is 13.0. The van der Waals surface area contributed by atoms with Gasteiger partial charge < -0.3 is 15.4 Å². The van der Waals surface area contributed by atoms with Gasteiger partial charge in [0.1, 0.15) is 11.2 Å². The van der Waals surface area contributed by atoms with Crippen molar-refractivity contribution in [1.82, 2.24) is 10.6 Å². The summed E-state index contributed by atoms with van der Waals surface area (Å²) in [6, 6.07) is 15.8. The maximum atomic E-state index is 12.5. The van der Waals surface area contributed by atoms with Gasteiger partial charge in [0.15, 0.2) is 0 Å². The lowest BCUT2D eigenvalue weighted by atomic mass is 10.0. The average Bonchev–Trinajstić information content (AvgIpc) is 3.50. The van der Waals surface area contributed by atoms with Crippen molar-refractivity contribution in [2.75, 3.05) is 13.7 Å². The van der Waals surface area contributed by atoms with Crippen LogP contribution in [0.2, 0.25) is 0 Å². The van der Waals surface area contributed by atoms with Crippen LogP contribution in [0.5, 0.6) is 5.75 Å². The van der Waals surface area contributed by atoms with Crippen LogP contribution >= 0.6 is 0 Å². The highest BCUT2D eigenvalue weighted by molar-refractivity contribution is 6.07. The standard InChI is InChI=1S/C22H26N2O3/c1-16-3-5-18(6-4-16)15-24-21(26)22(12-13-22)20(25)23-14-11-17-7-9-19(27-2)10-8-17/h3-10H,11-15H2,1-2H3,(H,23,25)(H,24,26). The number of benzene rings is 2. The van der Waals surface area contributed by atoms with E-state index in [9.17, 15) is 9.59 Å². The van der Waals surface area contributed by atoms with Crippen LogP contribution in [0.1, 0.15) is 29.5 Å². The number of aryl methyl sites for hydroxylation is 1. The summed E-state index contributed by atoms with van der Waals surface area (Å²) >= 11 is 0. The summed E-state index contributed by atoms with van der Waals surface area (Å²) in [5.41, 5.74) is 2.44. The number of carbonyl (C=O) groups is 2. The molecule has 0 aromatic heterocycles. The van der Waals surface area contributed by atoms with E-state index in [1.807, 2.05) is 55.5 Å². The molecule has 0 atom stereocenters. The Morgan fingerprint density at radius 2 is 1.52 bits per heavy atom. The minimum Gasteiger partial charge on any atom is -0.497 e. The average molecular weight is 366 g/mol. The first-order valence-electron chi connectivity index (χ1n) is 9.28. The summed E-state index contributed by atoms with van der Waals surface area (Å²) in [6.07, 6.45) is 1.94. The largest absolute Gasteiger partial charge is 0.497 e. The molecule has 0 spiro atoms. The van der Waals surface area contributed by atoms with Crippen molar-refractivity contribution in [3.63, 3.8) is 0 Å². The predicted octanol–water partition coefficient (Wildman–Crippen LogP) is 2.76. The van der Waals surface area contributed by atoms with Crippen LogP contribution in [0, 0.1) is 12.3 Å². The van der Waals surface area contributed by atoms with Gasteiger partial charge in [-0.15, -0.1) is 0 Å². The molecule has 5 heteroatoms. The first-order valence-corrected chi connectivity index (χ1v) is 9.28. The number of ether oxygens (including phenoxy) is 1. The first kappa shape index (κ1) is 19.0. The van der Waals surface area contributed by atoms with Crippen molar-refractivity contribution in [3.05, 3.63) is 65.2 Å². The van der Waals surface area contributed by atoms with Crippen molar-refractivity contribution in [3.8, 4) is 5.75 Å². The molecule has 2 aromatic carbocycles. The molecule has 0 bridgehead atoms. The molecule has 2 amide bonds. The molecule has 0 heterocycles. The van der Waals surface area contributed by atoms with Gasteiger partial charge in [-0.3, -0.25) is 9.59 Å². The molecule has 1 aliphatic rings. The van der Waals surface area contributed by atoms with Gasteiger partial charge >= 0.3 is 0 Å². The van der Waals surface area contributed by atoms with Gasteiger partial charge in [0.2, 0.25) is 11.8 Å². The van der Waals surface area contributed by atoms with Crippen LogP contribution in [0.15, 0.2) is 48.5 Å². The van der Waals surface area contributed by atoms with Crippen LogP contribution in [-0.2, 0) is 22.6 Å². The highest BCUT2D eigenvalue weighted by Crippen LogP contribution is 2.46. The zero-order chi connectivity index (χ0) is 19.3. The van der Waals surface area contributed by atoms with Crippen molar-refractivity contribution >= 4 is 11.8 Å². The zero-order valence-electron chi connectivity index (χ0n) is 15.9. The van der Waals surface area contributed by atoms with Gasteiger partial charge in [0, 0.05) is 13.1 Å². The summed E-state index contributed by atoms with van der Waals surface area (Å²) in [7, 11) is 1.63. The van der Waals surface area contributed by atoms with Gasteiger partial charge in [-0.1, -0.05) is 42.0 Å². The molecule has 0 unspecified atom stereocenters. The Kier molecular flexibility index (Phi) is 5.79. The Labute approximate surface area is 160 Å². The third-order valence-corrected chi connectivity index (χ3v) is 5.05. The number of hydrogen-bond acceptors (Lipinski definition) is 3. The molecule has 2 aromatic rings. The van der Waals surface area contributed by atoms with Gasteiger partial charge in [-0.05, 0) is 49.4 Å². The number of hydrogen-bond donors (Lipinski definition) is 2. The van der Waals surface area contributed by atoms with E-state index in [4.69, 9.17) is 4.74 Å². The normalized spacial score (nSPS) is 14.3. The summed E-state index contributed by atoms with van der Waals surface area (Å²) in [4.78, 5) is 25.1. The van der Waals surface area contributed by atoms with E-state index in [2.05, 4.69) is 10.6 Å². The fourth-order valence-electron chi connectivity index (χ4n) is 3.02. The Hall–Kier alpha value is -2.82. The smallest absolute Gasteiger partial charge is 0.235 e. The van der Waals surface area contributed by atoms with E-state index in [-0.39, 0.29) is 11.8 Å². The SMILES string of the molecule is COc1ccc(CCNC(=O)C2(C(=O)NCc3ccc(C)cc3)CC2)cc1. The van der Waals surface area contributed by atoms with E-state index < -0.39 is 5.41 Å². The molecule has 27 heavy (non-hydrogen) atoms. The Morgan fingerprint density at radius 1 is 0.926 bits per heavy atom. The molecule has 0 radical (unpaired) electrons. The molecule has 5 nitrogen and oxygen atoms in total. The third kappa shape index (κ3) is 4.67. The summed E-state index contributed by atoms with van der Waals surface area (Å²) in [5.74, 6) is 0.465. The summed E-state index contributed by atoms with van der Waals surface area (Å²) in [5, 5.41) is 5.83. The van der Waals surface area contributed by atoms with Gasteiger partial charge in [0.05, 0.1) is 7.11 Å². The van der Waals surface area contributed by atoms with Crippen molar-refractivity contribution in [2.24, 2.45) is 5.41 Å². The number of rotatable bonds is 8. The molecular weight excluding hydrogens is 340 g/mol. The Morgan fingerprint density at radius 3 is 2.11 bits per heavy atom. The van der Waals surface area contributed by atoms with Gasteiger partial charge in [-0.25, -0.2) is 0 Å². The lowest BCUT2D eigenvalue weighted by molar-refractivity contribution is -0.137. The molecule has 1 aliphatic carbocycles. The number of methoxy groups -OCH3 is 1. The number of carbonyl (C=O) groups excluding carboxylic acids is 2. The Balaban J connectivity index is 1.46. The highest BCUT2D eigenvalue weighted by Gasteiger charge is 2.56. The highest BCUT2D eigenvalue weighted by atomic mass is 16.5. The lowest BCUT2D eigenvalue weighted by Crippen LogP contribution is -2.43. The summed E-state index contributed by atoms with van der Waals surface area (Å²) < 4.78 is 5.14. The quantitative estimate of drug-likeness (QED) is 0.706. The van der Waals surface area contributed by atoms with Gasteiger partial charge in [-0.2, -0.15) is 0 Å². The van der Waals surface area contributed by atoms with E-state index in [0.29, 0.717) is 25.9 Å². The molecule has 142 valence electrons.